The lowest BCUT2D eigenvalue weighted by atomic mass is 10.3. The molecule has 2 heterocycles. The Kier molecular flexibility index (Phi) is 5.34. The molecule has 0 aliphatic carbocycles. The number of nitrogens with one attached hydrogen (secondary N) is 1. The van der Waals surface area contributed by atoms with Crippen molar-refractivity contribution < 1.29 is 12.8 Å². The van der Waals surface area contributed by atoms with Gasteiger partial charge in [-0.3, -0.25) is 9.40 Å². The van der Waals surface area contributed by atoms with Gasteiger partial charge in [-0.25, -0.2) is 0 Å². The molecule has 0 amide bonds. The molecule has 9 heteroatoms. The highest BCUT2D eigenvalue weighted by Gasteiger charge is 2.21. The van der Waals surface area contributed by atoms with Crippen LogP contribution in [0.3, 0.4) is 0 Å². The number of furan rings is 1. The van der Waals surface area contributed by atoms with Crippen LogP contribution in [0.15, 0.2) is 81.4 Å². The molecule has 0 fully saturated rings. The first kappa shape index (κ1) is 18.9. The molecule has 0 spiro atoms. The molecule has 2 aromatic heterocycles. The van der Waals surface area contributed by atoms with E-state index in [0.29, 0.717) is 22.8 Å². The highest BCUT2D eigenvalue weighted by Crippen LogP contribution is 2.32. The minimum absolute atomic E-state index is 0.138. The van der Waals surface area contributed by atoms with Crippen LogP contribution in [0.2, 0.25) is 5.02 Å². The summed E-state index contributed by atoms with van der Waals surface area (Å²) in [5, 5.41) is 5.19. The average molecular weight is 434 g/mol. The summed E-state index contributed by atoms with van der Waals surface area (Å²) in [5.41, 5.74) is 0.932. The number of aromatic nitrogens is 2. The van der Waals surface area contributed by atoms with Crippen molar-refractivity contribution in [1.82, 2.24) is 9.78 Å². The number of aryl methyl sites for hydroxylation is 1. The Balaban J connectivity index is 1.56. The third-order valence-electron chi connectivity index (χ3n) is 3.99. The zero-order chi connectivity index (χ0) is 19.6. The van der Waals surface area contributed by atoms with Crippen molar-refractivity contribution in [3.05, 3.63) is 72.0 Å². The number of halogens is 1. The average Bonchev–Trinajstić information content (AvgIpc) is 3.33. The zero-order valence-corrected chi connectivity index (χ0v) is 17.0. The number of anilines is 1. The van der Waals surface area contributed by atoms with E-state index in [9.17, 15) is 8.42 Å². The Morgan fingerprint density at radius 1 is 1.14 bits per heavy atom. The summed E-state index contributed by atoms with van der Waals surface area (Å²) in [7, 11) is -3.89. The molecule has 0 bridgehead atoms. The summed E-state index contributed by atoms with van der Waals surface area (Å²) in [4.78, 5) is 0.774. The van der Waals surface area contributed by atoms with E-state index in [1.807, 2.05) is 23.0 Å². The van der Waals surface area contributed by atoms with Crippen LogP contribution >= 0.6 is 23.4 Å². The number of sulfonamides is 1. The van der Waals surface area contributed by atoms with Gasteiger partial charge in [0.1, 0.15) is 5.58 Å². The lowest BCUT2D eigenvalue weighted by Gasteiger charge is -2.12. The molecule has 144 valence electrons. The van der Waals surface area contributed by atoms with Crippen molar-refractivity contribution in [3.8, 4) is 0 Å². The summed E-state index contributed by atoms with van der Waals surface area (Å²) in [6.45, 7) is 0.704. The number of thioether (sulfide) groups is 1. The number of hydrogen-bond donors (Lipinski definition) is 1. The molecular weight excluding hydrogens is 418 g/mol. The van der Waals surface area contributed by atoms with Crippen LogP contribution in [-0.4, -0.2) is 24.0 Å². The summed E-state index contributed by atoms with van der Waals surface area (Å²) < 4.78 is 35.6. The molecule has 0 unspecified atom stereocenters. The molecule has 2 aromatic carbocycles. The van der Waals surface area contributed by atoms with Crippen LogP contribution < -0.4 is 4.72 Å². The van der Waals surface area contributed by atoms with Crippen LogP contribution in [0, 0.1) is 0 Å². The van der Waals surface area contributed by atoms with Gasteiger partial charge in [0, 0.05) is 39.5 Å². The van der Waals surface area contributed by atoms with Gasteiger partial charge in [0.25, 0.3) is 10.0 Å². The Bertz CT molecular complexity index is 1170. The number of fused-ring (bicyclic) bond motifs is 1. The van der Waals surface area contributed by atoms with E-state index >= 15 is 0 Å². The maximum Gasteiger partial charge on any atom is 0.295 e. The molecule has 0 saturated carbocycles. The lowest BCUT2D eigenvalue weighted by Crippen LogP contribution is -2.13. The fraction of sp³-hybridized carbons (Fsp3) is 0.105. The number of hydrogen-bond acceptors (Lipinski definition) is 5. The standard InChI is InChI=1S/C19H16ClN3O3S2/c20-15-6-7-18(27-11-10-23-9-3-8-21-23)16(13-15)22-28(24,25)19-12-14-4-1-2-5-17(14)26-19/h1-9,12-13,22H,10-11H2. The van der Waals surface area contributed by atoms with Crippen LogP contribution in [0.1, 0.15) is 0 Å². The molecule has 0 saturated heterocycles. The third kappa shape index (κ3) is 4.19. The highest BCUT2D eigenvalue weighted by molar-refractivity contribution is 7.99. The maximum absolute atomic E-state index is 12.8. The van der Waals surface area contributed by atoms with E-state index in [1.54, 1.807) is 42.6 Å². The first-order valence-corrected chi connectivity index (χ1v) is 11.3. The summed E-state index contributed by atoms with van der Waals surface area (Å²) in [6, 6.07) is 15.6. The Hall–Kier alpha value is -2.42. The second-order valence-corrected chi connectivity index (χ2v) is 9.15. The van der Waals surface area contributed by atoms with E-state index in [0.717, 1.165) is 16.0 Å². The second-order valence-electron chi connectivity index (χ2n) is 5.97. The van der Waals surface area contributed by atoms with Gasteiger partial charge >= 0.3 is 0 Å². The molecular formula is C19H16ClN3O3S2. The van der Waals surface area contributed by atoms with Gasteiger partial charge in [-0.15, -0.1) is 11.8 Å². The van der Waals surface area contributed by atoms with Gasteiger partial charge in [-0.05, 0) is 30.3 Å². The minimum atomic E-state index is -3.89. The maximum atomic E-state index is 12.8. The minimum Gasteiger partial charge on any atom is -0.443 e. The van der Waals surface area contributed by atoms with E-state index in [4.69, 9.17) is 16.0 Å². The SMILES string of the molecule is O=S(=O)(Nc1cc(Cl)ccc1SCCn1cccn1)c1cc2ccccc2o1. The van der Waals surface area contributed by atoms with Crippen molar-refractivity contribution >= 4 is 50.0 Å². The quantitative estimate of drug-likeness (QED) is 0.420. The largest absolute Gasteiger partial charge is 0.443 e. The van der Waals surface area contributed by atoms with E-state index in [-0.39, 0.29) is 5.09 Å². The van der Waals surface area contributed by atoms with Crippen molar-refractivity contribution in [2.75, 3.05) is 10.5 Å². The fourth-order valence-corrected chi connectivity index (χ4v) is 4.88. The fourth-order valence-electron chi connectivity index (χ4n) is 2.67. The van der Waals surface area contributed by atoms with Crippen LogP contribution in [0.4, 0.5) is 5.69 Å². The highest BCUT2D eigenvalue weighted by atomic mass is 35.5. The first-order valence-electron chi connectivity index (χ1n) is 8.42. The Morgan fingerprint density at radius 3 is 2.79 bits per heavy atom. The first-order chi connectivity index (χ1) is 13.5. The second kappa shape index (κ2) is 7.90. The van der Waals surface area contributed by atoms with Crippen molar-refractivity contribution in [2.45, 2.75) is 16.5 Å². The predicted octanol–water partition coefficient (Wildman–Crippen LogP) is 4.88. The molecule has 28 heavy (non-hydrogen) atoms. The van der Waals surface area contributed by atoms with Gasteiger partial charge < -0.3 is 4.42 Å². The van der Waals surface area contributed by atoms with Gasteiger partial charge in [0.2, 0.25) is 5.09 Å². The number of benzene rings is 2. The topological polar surface area (TPSA) is 77.1 Å². The number of nitrogens with zero attached hydrogens (tertiary/aromatic N) is 2. The molecule has 0 aliphatic rings. The van der Waals surface area contributed by atoms with Gasteiger partial charge in [0.05, 0.1) is 12.2 Å². The summed E-state index contributed by atoms with van der Waals surface area (Å²) in [6.07, 6.45) is 3.60. The molecule has 4 aromatic rings. The van der Waals surface area contributed by atoms with Crippen molar-refractivity contribution in [3.63, 3.8) is 0 Å². The Morgan fingerprint density at radius 2 is 2.00 bits per heavy atom. The molecule has 1 N–H and O–H groups in total. The van der Waals surface area contributed by atoms with Gasteiger partial charge in [0.15, 0.2) is 0 Å². The van der Waals surface area contributed by atoms with Crippen molar-refractivity contribution in [1.29, 1.82) is 0 Å². The number of para-hydroxylation sites is 1. The number of rotatable bonds is 7. The van der Waals surface area contributed by atoms with Crippen LogP contribution in [0.5, 0.6) is 0 Å². The smallest absolute Gasteiger partial charge is 0.295 e. The van der Waals surface area contributed by atoms with E-state index in [2.05, 4.69) is 9.82 Å². The van der Waals surface area contributed by atoms with Crippen LogP contribution in [0.25, 0.3) is 11.0 Å². The van der Waals surface area contributed by atoms with Crippen molar-refractivity contribution in [2.24, 2.45) is 0 Å². The monoisotopic (exact) mass is 433 g/mol. The van der Waals surface area contributed by atoms with E-state index in [1.165, 1.54) is 17.8 Å². The van der Waals surface area contributed by atoms with E-state index < -0.39 is 10.0 Å². The molecule has 6 nitrogen and oxygen atoms in total. The van der Waals surface area contributed by atoms with Gasteiger partial charge in [-0.1, -0.05) is 29.8 Å². The molecule has 0 aliphatic heterocycles. The zero-order valence-electron chi connectivity index (χ0n) is 14.6. The molecule has 4 rings (SSSR count). The predicted molar refractivity (Wildman–Crippen MR) is 111 cm³/mol. The Labute approximate surface area is 171 Å². The molecule has 0 radical (unpaired) electrons. The summed E-state index contributed by atoms with van der Waals surface area (Å²) >= 11 is 7.61. The lowest BCUT2D eigenvalue weighted by molar-refractivity contribution is 0.484. The van der Waals surface area contributed by atoms with Gasteiger partial charge in [-0.2, -0.15) is 13.5 Å². The summed E-state index contributed by atoms with van der Waals surface area (Å²) in [5.74, 6) is 0.725. The molecule has 0 atom stereocenters. The van der Waals surface area contributed by atoms with Crippen LogP contribution in [-0.2, 0) is 16.6 Å². The third-order valence-corrected chi connectivity index (χ3v) is 6.50. The normalized spacial score (nSPS) is 11.8.